The van der Waals surface area contributed by atoms with Crippen LogP contribution in [0.15, 0.2) is 11.6 Å². The number of hydrogen-bond acceptors (Lipinski definition) is 6. The van der Waals surface area contributed by atoms with Crippen LogP contribution in [0.5, 0.6) is 0 Å². The zero-order chi connectivity index (χ0) is 21.5. The van der Waals surface area contributed by atoms with Crippen LogP contribution in [0.25, 0.3) is 0 Å². The molecule has 0 unspecified atom stereocenters. The van der Waals surface area contributed by atoms with E-state index < -0.39 is 38.5 Å². The van der Waals surface area contributed by atoms with E-state index in [2.05, 4.69) is 10.0 Å². The molecule has 8 nitrogen and oxygen atoms in total. The molecule has 2 N–H and O–H groups in total. The Bertz CT molecular complexity index is 642. The number of alkyl carbamates (subject to hydrolysis) is 1. The molecule has 0 spiro atoms. The molecule has 0 saturated heterocycles. The van der Waals surface area contributed by atoms with Crippen molar-refractivity contribution in [2.75, 3.05) is 13.2 Å². The maximum Gasteiger partial charge on any atom is 0.407 e. The topological polar surface area (TPSA) is 111 Å². The average molecular weight is 407 g/mol. The lowest BCUT2D eigenvalue weighted by Crippen LogP contribution is -2.50. The fourth-order valence-corrected chi connectivity index (χ4v) is 2.79. The molecular weight excluding hydrogens is 372 g/mol. The fraction of sp³-hybridized carbons (Fsp3) is 0.778. The minimum Gasteiger partial charge on any atom is -0.465 e. The summed E-state index contributed by atoms with van der Waals surface area (Å²) in [5.74, 6) is -0.726. The van der Waals surface area contributed by atoms with E-state index in [0.717, 1.165) is 0 Å². The molecule has 0 fully saturated rings. The van der Waals surface area contributed by atoms with Gasteiger partial charge in [-0.3, -0.25) is 0 Å². The highest BCUT2D eigenvalue weighted by molar-refractivity contribution is 7.90. The van der Waals surface area contributed by atoms with Crippen molar-refractivity contribution in [3.05, 3.63) is 11.6 Å². The monoisotopic (exact) mass is 406 g/mol. The first-order valence-corrected chi connectivity index (χ1v) is 10.5. The van der Waals surface area contributed by atoms with E-state index in [9.17, 15) is 18.0 Å². The molecule has 1 amide bonds. The first-order valence-electron chi connectivity index (χ1n) is 8.99. The van der Waals surface area contributed by atoms with Gasteiger partial charge in [-0.15, -0.1) is 0 Å². The number of rotatable bonds is 8. The van der Waals surface area contributed by atoms with Crippen molar-refractivity contribution in [2.45, 2.75) is 78.2 Å². The maximum atomic E-state index is 12.5. The molecule has 0 rings (SSSR count). The molecule has 158 valence electrons. The van der Waals surface area contributed by atoms with Gasteiger partial charge < -0.3 is 14.8 Å². The summed E-state index contributed by atoms with van der Waals surface area (Å²) in [6, 6.07) is -1.23. The second-order valence-corrected chi connectivity index (χ2v) is 10.4. The Balaban J connectivity index is 5.58. The molecule has 0 radical (unpaired) electrons. The average Bonchev–Trinajstić information content (AvgIpc) is 2.46. The molecule has 9 heteroatoms. The number of carbonyl (C=O) groups is 2. The molecule has 0 aliphatic rings. The lowest BCUT2D eigenvalue weighted by atomic mass is 10.1. The lowest BCUT2D eigenvalue weighted by molar-refractivity contribution is -0.144. The van der Waals surface area contributed by atoms with E-state index in [1.54, 1.807) is 33.8 Å². The third kappa shape index (κ3) is 9.23. The Hall–Kier alpha value is -1.61. The Kier molecular flexibility index (Phi) is 9.48. The van der Waals surface area contributed by atoms with Crippen LogP contribution >= 0.6 is 0 Å². The second kappa shape index (κ2) is 10.1. The predicted molar refractivity (Wildman–Crippen MR) is 105 cm³/mol. The number of hydrogen-bond donors (Lipinski definition) is 2. The van der Waals surface area contributed by atoms with E-state index in [1.165, 1.54) is 20.8 Å². The van der Waals surface area contributed by atoms with Crippen LogP contribution in [0.4, 0.5) is 4.79 Å². The largest absolute Gasteiger partial charge is 0.465 e. The summed E-state index contributed by atoms with van der Waals surface area (Å²) in [7, 11) is -3.83. The van der Waals surface area contributed by atoms with Gasteiger partial charge in [0, 0.05) is 6.54 Å². The van der Waals surface area contributed by atoms with Crippen LogP contribution in [0, 0.1) is 0 Å². The van der Waals surface area contributed by atoms with Crippen molar-refractivity contribution in [3.8, 4) is 0 Å². The highest BCUT2D eigenvalue weighted by atomic mass is 32.2. The van der Waals surface area contributed by atoms with Crippen LogP contribution < -0.4 is 10.0 Å². The Labute approximate surface area is 163 Å². The summed E-state index contributed by atoms with van der Waals surface area (Å²) in [4.78, 5) is 24.3. The SMILES string of the molecule is CC/C=C(/CNC(=O)OC(C)(C)C)[C@H](NS(=O)(=O)C(C)(C)C)C(=O)OCC. The summed E-state index contributed by atoms with van der Waals surface area (Å²) in [5.41, 5.74) is -0.290. The number of esters is 1. The van der Waals surface area contributed by atoms with Gasteiger partial charge in [-0.1, -0.05) is 13.0 Å². The van der Waals surface area contributed by atoms with Crippen LogP contribution in [0.3, 0.4) is 0 Å². The Morgan fingerprint density at radius 2 is 1.63 bits per heavy atom. The number of ether oxygens (including phenoxy) is 2. The zero-order valence-corrected chi connectivity index (χ0v) is 18.5. The molecule has 0 bridgehead atoms. The summed E-state index contributed by atoms with van der Waals surface area (Å²) in [5, 5.41) is 2.55. The van der Waals surface area contributed by atoms with E-state index in [-0.39, 0.29) is 13.2 Å². The number of sulfonamides is 1. The minimum atomic E-state index is -3.83. The Morgan fingerprint density at radius 3 is 2.04 bits per heavy atom. The standard InChI is InChI=1S/C18H34N2O6S/c1-9-11-13(12-19-16(22)26-17(3,4)5)14(15(21)25-10-2)20-27(23,24)18(6,7)8/h11,14,20H,9-10,12H2,1-8H3,(H,19,22)/b13-11-/t14-/m0/s1. The molecule has 27 heavy (non-hydrogen) atoms. The summed E-state index contributed by atoms with van der Waals surface area (Å²) in [6.07, 6.45) is 1.56. The molecule has 0 aromatic rings. The van der Waals surface area contributed by atoms with E-state index in [4.69, 9.17) is 9.47 Å². The number of allylic oxidation sites excluding steroid dienone is 1. The van der Waals surface area contributed by atoms with Crippen LogP contribution in [0.1, 0.15) is 61.8 Å². The van der Waals surface area contributed by atoms with Crippen molar-refractivity contribution in [2.24, 2.45) is 0 Å². The molecule has 0 aliphatic carbocycles. The van der Waals surface area contributed by atoms with Crippen LogP contribution in [-0.2, 0) is 24.3 Å². The highest BCUT2D eigenvalue weighted by Gasteiger charge is 2.36. The molecule has 1 atom stereocenters. The number of nitrogens with one attached hydrogen (secondary N) is 2. The lowest BCUT2D eigenvalue weighted by Gasteiger charge is -2.26. The number of carbonyl (C=O) groups excluding carboxylic acids is 2. The fourth-order valence-electron chi connectivity index (χ4n) is 1.88. The van der Waals surface area contributed by atoms with E-state index in [0.29, 0.717) is 12.0 Å². The third-order valence-electron chi connectivity index (χ3n) is 3.27. The zero-order valence-electron chi connectivity index (χ0n) is 17.6. The predicted octanol–water partition coefficient (Wildman–Crippen LogP) is 2.50. The quantitative estimate of drug-likeness (QED) is 0.473. The van der Waals surface area contributed by atoms with Crippen LogP contribution in [0.2, 0.25) is 0 Å². The maximum absolute atomic E-state index is 12.5. The minimum absolute atomic E-state index is 0.0566. The van der Waals surface area contributed by atoms with Crippen LogP contribution in [-0.4, -0.2) is 50.0 Å². The molecule has 0 aromatic carbocycles. The smallest absolute Gasteiger partial charge is 0.407 e. The van der Waals surface area contributed by atoms with Crippen molar-refractivity contribution >= 4 is 22.1 Å². The molecule has 0 saturated carbocycles. The van der Waals surface area contributed by atoms with E-state index >= 15 is 0 Å². The first kappa shape index (κ1) is 25.4. The normalized spacial score (nSPS) is 14.4. The van der Waals surface area contributed by atoms with Gasteiger partial charge in [0.15, 0.2) is 0 Å². The van der Waals surface area contributed by atoms with Crippen molar-refractivity contribution in [1.82, 2.24) is 10.0 Å². The molecule has 0 heterocycles. The van der Waals surface area contributed by atoms with Gasteiger partial charge in [0.2, 0.25) is 10.0 Å². The van der Waals surface area contributed by atoms with Gasteiger partial charge in [0.05, 0.1) is 11.4 Å². The summed E-state index contributed by atoms with van der Waals surface area (Å²) < 4.78 is 36.6. The van der Waals surface area contributed by atoms with Crippen molar-refractivity contribution in [3.63, 3.8) is 0 Å². The van der Waals surface area contributed by atoms with Gasteiger partial charge in [-0.2, -0.15) is 4.72 Å². The number of amides is 1. The van der Waals surface area contributed by atoms with Crippen molar-refractivity contribution < 1.29 is 27.5 Å². The van der Waals surface area contributed by atoms with Gasteiger partial charge in [-0.05, 0) is 60.5 Å². The second-order valence-electron chi connectivity index (χ2n) is 7.96. The third-order valence-corrected chi connectivity index (χ3v) is 5.43. The Morgan fingerprint density at radius 1 is 1.07 bits per heavy atom. The molecular formula is C18H34N2O6S. The summed E-state index contributed by atoms with van der Waals surface area (Å²) >= 11 is 0. The van der Waals surface area contributed by atoms with Gasteiger partial charge >= 0.3 is 12.1 Å². The van der Waals surface area contributed by atoms with Gasteiger partial charge in [0.1, 0.15) is 11.6 Å². The van der Waals surface area contributed by atoms with Gasteiger partial charge in [-0.25, -0.2) is 18.0 Å². The van der Waals surface area contributed by atoms with E-state index in [1.807, 2.05) is 6.92 Å². The molecule has 0 aromatic heterocycles. The highest BCUT2D eigenvalue weighted by Crippen LogP contribution is 2.17. The summed E-state index contributed by atoms with van der Waals surface area (Å²) in [6.45, 7) is 13.3. The van der Waals surface area contributed by atoms with Gasteiger partial charge in [0.25, 0.3) is 0 Å². The first-order chi connectivity index (χ1) is 12.1. The molecule has 0 aliphatic heterocycles. The van der Waals surface area contributed by atoms with Crippen molar-refractivity contribution in [1.29, 1.82) is 0 Å².